The number of hydrogen-bond acceptors (Lipinski definition) is 7. The van der Waals surface area contributed by atoms with Gasteiger partial charge in [0.1, 0.15) is 28.6 Å². The monoisotopic (exact) mass is 539 g/mol. The summed E-state index contributed by atoms with van der Waals surface area (Å²) in [7, 11) is 3.07. The lowest BCUT2D eigenvalue weighted by Crippen LogP contribution is -2.18. The number of fused-ring (bicyclic) bond motifs is 1. The van der Waals surface area contributed by atoms with Gasteiger partial charge in [0, 0.05) is 29.1 Å². The van der Waals surface area contributed by atoms with Crippen LogP contribution in [0.3, 0.4) is 0 Å². The molecule has 2 heterocycles. The number of carbonyl (C=O) groups excluding carboxylic acids is 1. The molecule has 2 aromatic heterocycles. The van der Waals surface area contributed by atoms with E-state index in [2.05, 4.69) is 4.98 Å². The minimum atomic E-state index is -0.723. The number of nitrogens with one attached hydrogen (secondary N) is 1. The Bertz CT molecular complexity index is 1730. The lowest BCUT2D eigenvalue weighted by molar-refractivity contribution is 0.0505. The fraction of sp³-hybridized carbons (Fsp3) is 0.188. The van der Waals surface area contributed by atoms with Crippen molar-refractivity contribution in [3.05, 3.63) is 123 Å². The minimum Gasteiger partial charge on any atom is -0.507 e. The Morgan fingerprint density at radius 3 is 2.52 bits per heavy atom. The molecule has 0 aliphatic rings. The molecule has 0 fully saturated rings. The Hall–Kier alpha value is -4.98. The number of carbonyl (C=O) groups is 1. The first-order valence-electron chi connectivity index (χ1n) is 12.8. The van der Waals surface area contributed by atoms with Crippen LogP contribution in [0, 0.1) is 6.92 Å². The van der Waals surface area contributed by atoms with Gasteiger partial charge in [-0.1, -0.05) is 42.5 Å². The summed E-state index contributed by atoms with van der Waals surface area (Å²) in [5.41, 5.74) is 2.86. The second kappa shape index (κ2) is 11.4. The van der Waals surface area contributed by atoms with E-state index < -0.39 is 17.5 Å². The molecule has 0 bridgehead atoms. The molecule has 2 N–H and O–H groups in total. The third kappa shape index (κ3) is 5.16. The number of methoxy groups -OCH3 is 2. The highest BCUT2D eigenvalue weighted by Crippen LogP contribution is 2.40. The molecule has 8 nitrogen and oxygen atoms in total. The van der Waals surface area contributed by atoms with Gasteiger partial charge in [-0.3, -0.25) is 0 Å². The van der Waals surface area contributed by atoms with Crippen molar-refractivity contribution in [1.29, 1.82) is 0 Å². The molecule has 0 aliphatic heterocycles. The van der Waals surface area contributed by atoms with E-state index in [1.54, 1.807) is 38.3 Å². The highest BCUT2D eigenvalue weighted by molar-refractivity contribution is 5.92. The number of aromatic amines is 1. The van der Waals surface area contributed by atoms with E-state index in [-0.39, 0.29) is 17.9 Å². The Morgan fingerprint density at radius 1 is 0.975 bits per heavy atom. The number of para-hydroxylation sites is 2. The molecule has 3 aromatic carbocycles. The Morgan fingerprint density at radius 2 is 1.75 bits per heavy atom. The molecule has 0 saturated carbocycles. The van der Waals surface area contributed by atoms with E-state index >= 15 is 0 Å². The number of H-pyrrole nitrogens is 1. The van der Waals surface area contributed by atoms with Gasteiger partial charge < -0.3 is 28.7 Å². The van der Waals surface area contributed by atoms with Crippen LogP contribution in [0.15, 0.2) is 88.1 Å². The van der Waals surface area contributed by atoms with Crippen LogP contribution in [0.25, 0.3) is 10.9 Å². The Kier molecular flexibility index (Phi) is 7.59. The van der Waals surface area contributed by atoms with Gasteiger partial charge in [-0.15, -0.1) is 0 Å². The number of aryl methyl sites for hydroxylation is 1. The number of esters is 1. The zero-order valence-electron chi connectivity index (χ0n) is 22.4. The summed E-state index contributed by atoms with van der Waals surface area (Å²) in [6, 6.07) is 23.4. The van der Waals surface area contributed by atoms with Crippen molar-refractivity contribution in [2.24, 2.45) is 0 Å². The zero-order chi connectivity index (χ0) is 28.2. The maximum atomic E-state index is 13.2. The van der Waals surface area contributed by atoms with E-state index in [9.17, 15) is 14.7 Å². The molecule has 40 heavy (non-hydrogen) atoms. The van der Waals surface area contributed by atoms with Gasteiger partial charge in [0.15, 0.2) is 0 Å². The van der Waals surface area contributed by atoms with Crippen molar-refractivity contribution in [2.45, 2.75) is 19.3 Å². The van der Waals surface area contributed by atoms with Crippen LogP contribution >= 0.6 is 0 Å². The predicted molar refractivity (Wildman–Crippen MR) is 151 cm³/mol. The first-order valence-corrected chi connectivity index (χ1v) is 12.8. The molecule has 204 valence electrons. The standard InChI is InChI=1S/C32H29NO7/c1-19-17-26(34)29(32(36)40-19)28(20-9-8-10-21(18-20)37-2)30-23(22-11-4-6-13-25(22)33-30)15-16-39-31(35)24-12-5-7-14-27(24)38-3/h4-14,17-18,28,33-34H,15-16H2,1-3H3. The molecule has 0 amide bonds. The summed E-state index contributed by atoms with van der Waals surface area (Å²) in [5.74, 6) is -0.0642. The van der Waals surface area contributed by atoms with E-state index in [1.165, 1.54) is 13.2 Å². The Labute approximate surface area is 230 Å². The van der Waals surface area contributed by atoms with Gasteiger partial charge in [0.05, 0.1) is 32.3 Å². The normalized spacial score (nSPS) is 11.8. The van der Waals surface area contributed by atoms with Crippen molar-refractivity contribution in [2.75, 3.05) is 20.8 Å². The highest BCUT2D eigenvalue weighted by atomic mass is 16.5. The molecule has 5 rings (SSSR count). The van der Waals surface area contributed by atoms with Crippen LogP contribution in [0.5, 0.6) is 17.2 Å². The minimum absolute atomic E-state index is 0.0745. The second-order valence-electron chi connectivity index (χ2n) is 9.30. The largest absolute Gasteiger partial charge is 0.507 e. The molecule has 5 aromatic rings. The van der Waals surface area contributed by atoms with Gasteiger partial charge in [-0.05, 0) is 48.4 Å². The summed E-state index contributed by atoms with van der Waals surface area (Å²) in [6.07, 6.45) is 0.346. The van der Waals surface area contributed by atoms with Gasteiger partial charge in [0.25, 0.3) is 0 Å². The van der Waals surface area contributed by atoms with Crippen molar-refractivity contribution < 1.29 is 28.5 Å². The maximum absolute atomic E-state index is 13.2. The molecule has 1 atom stereocenters. The third-order valence-corrected chi connectivity index (χ3v) is 6.85. The summed E-state index contributed by atoms with van der Waals surface area (Å²) in [6.45, 7) is 1.68. The summed E-state index contributed by atoms with van der Waals surface area (Å²) >= 11 is 0. The first kappa shape index (κ1) is 26.6. The zero-order valence-corrected chi connectivity index (χ0v) is 22.4. The van der Waals surface area contributed by atoms with Crippen LogP contribution in [0.1, 0.15) is 44.4 Å². The molecule has 8 heteroatoms. The van der Waals surface area contributed by atoms with E-state index in [0.29, 0.717) is 40.5 Å². The van der Waals surface area contributed by atoms with Crippen LogP contribution in [0.2, 0.25) is 0 Å². The van der Waals surface area contributed by atoms with E-state index in [1.807, 2.05) is 48.5 Å². The lowest BCUT2D eigenvalue weighted by atomic mass is 9.86. The van der Waals surface area contributed by atoms with Crippen LogP contribution in [-0.2, 0) is 11.2 Å². The molecule has 0 spiro atoms. The van der Waals surface area contributed by atoms with E-state index in [0.717, 1.165) is 16.5 Å². The Balaban J connectivity index is 1.60. The average molecular weight is 540 g/mol. The van der Waals surface area contributed by atoms with Crippen LogP contribution < -0.4 is 15.1 Å². The molecule has 0 aliphatic carbocycles. The van der Waals surface area contributed by atoms with Crippen molar-refractivity contribution in [1.82, 2.24) is 4.98 Å². The van der Waals surface area contributed by atoms with Crippen molar-refractivity contribution in [3.63, 3.8) is 0 Å². The predicted octanol–water partition coefficient (Wildman–Crippen LogP) is 5.73. The molecular formula is C32H29NO7. The van der Waals surface area contributed by atoms with Crippen LogP contribution in [0.4, 0.5) is 0 Å². The number of benzene rings is 3. The highest BCUT2D eigenvalue weighted by Gasteiger charge is 2.30. The maximum Gasteiger partial charge on any atom is 0.343 e. The topological polar surface area (TPSA) is 111 Å². The number of hydrogen-bond donors (Lipinski definition) is 2. The summed E-state index contributed by atoms with van der Waals surface area (Å²) in [4.78, 5) is 29.5. The van der Waals surface area contributed by atoms with Crippen LogP contribution in [-0.4, -0.2) is 36.9 Å². The SMILES string of the molecule is COc1cccc(C(c2[nH]c3ccccc3c2CCOC(=O)c2ccccc2OC)c2c(O)cc(C)oc2=O)c1. The van der Waals surface area contributed by atoms with Gasteiger partial charge >= 0.3 is 11.6 Å². The fourth-order valence-corrected chi connectivity index (χ4v) is 5.04. The fourth-order valence-electron chi connectivity index (χ4n) is 5.04. The number of aromatic nitrogens is 1. The number of ether oxygens (including phenoxy) is 3. The van der Waals surface area contributed by atoms with Gasteiger partial charge in [0.2, 0.25) is 0 Å². The quantitative estimate of drug-likeness (QED) is 0.230. The van der Waals surface area contributed by atoms with Gasteiger partial charge in [-0.25, -0.2) is 9.59 Å². The molecular weight excluding hydrogens is 510 g/mol. The van der Waals surface area contributed by atoms with Crippen molar-refractivity contribution in [3.8, 4) is 17.2 Å². The van der Waals surface area contributed by atoms with Gasteiger partial charge in [-0.2, -0.15) is 0 Å². The summed E-state index contributed by atoms with van der Waals surface area (Å²) in [5, 5.41) is 11.9. The smallest absolute Gasteiger partial charge is 0.343 e. The van der Waals surface area contributed by atoms with Crippen molar-refractivity contribution >= 4 is 16.9 Å². The molecule has 0 radical (unpaired) electrons. The average Bonchev–Trinajstić information content (AvgIpc) is 3.32. The molecule has 0 saturated heterocycles. The lowest BCUT2D eigenvalue weighted by Gasteiger charge is -2.20. The summed E-state index contributed by atoms with van der Waals surface area (Å²) < 4.78 is 21.8. The number of rotatable bonds is 9. The number of aromatic hydroxyl groups is 1. The third-order valence-electron chi connectivity index (χ3n) is 6.85. The molecule has 1 unspecified atom stereocenters. The van der Waals surface area contributed by atoms with E-state index in [4.69, 9.17) is 18.6 Å². The first-order chi connectivity index (χ1) is 19.4. The second-order valence-corrected chi connectivity index (χ2v) is 9.30.